The van der Waals surface area contributed by atoms with Crippen LogP contribution in [-0.2, 0) is 12.0 Å². The van der Waals surface area contributed by atoms with Gasteiger partial charge in [-0.3, -0.25) is 0 Å². The van der Waals surface area contributed by atoms with Crippen LogP contribution in [0.5, 0.6) is 0 Å². The summed E-state index contributed by atoms with van der Waals surface area (Å²) in [6, 6.07) is 23.9. The van der Waals surface area contributed by atoms with Gasteiger partial charge in [-0.1, -0.05) is 54.9 Å². The molecule has 1 unspecified atom stereocenters. The Labute approximate surface area is 183 Å². The molecule has 1 aromatic heterocycles. The number of fused-ring (bicyclic) bond motifs is 4. The molecule has 0 N–H and O–H groups in total. The number of anilines is 1. The van der Waals surface area contributed by atoms with Gasteiger partial charge < -0.3 is 9.47 Å². The summed E-state index contributed by atoms with van der Waals surface area (Å²) in [5.74, 6) is 0. The second-order valence-electron chi connectivity index (χ2n) is 8.92. The number of benzene rings is 3. The fourth-order valence-corrected chi connectivity index (χ4v) is 5.16. The van der Waals surface area contributed by atoms with Gasteiger partial charge in [0.25, 0.3) is 0 Å². The van der Waals surface area contributed by atoms with Gasteiger partial charge in [-0.05, 0) is 35.8 Å². The predicted molar refractivity (Wildman–Crippen MR) is 132 cm³/mol. The maximum atomic E-state index is 4.77. The molecule has 4 aromatic rings. The number of nitrogens with zero attached hydrogens (tertiary/aromatic N) is 4. The highest BCUT2D eigenvalue weighted by Gasteiger charge is 2.42. The van der Waals surface area contributed by atoms with E-state index in [1.54, 1.807) is 4.68 Å². The summed E-state index contributed by atoms with van der Waals surface area (Å²) in [6.45, 7) is 11.9. The number of hydrazone groups is 1. The summed E-state index contributed by atoms with van der Waals surface area (Å²) in [5.41, 5.74) is 6.11. The number of aryl methyl sites for hydroxylation is 1. The molecule has 0 saturated heterocycles. The first-order valence-corrected chi connectivity index (χ1v) is 10.9. The number of hydrogen-bond acceptors (Lipinski definition) is 2. The number of hydrogen-bond donors (Lipinski definition) is 0. The van der Waals surface area contributed by atoms with Gasteiger partial charge in [0.05, 0.1) is 12.3 Å². The third kappa shape index (κ3) is 2.89. The molecule has 31 heavy (non-hydrogen) atoms. The molecule has 2 heterocycles. The van der Waals surface area contributed by atoms with Crippen molar-refractivity contribution in [3.05, 3.63) is 72.3 Å². The molecular weight excluding hydrogens is 380 g/mol. The summed E-state index contributed by atoms with van der Waals surface area (Å²) in [6.07, 6.45) is 2.03. The highest BCUT2D eigenvalue weighted by atomic mass is 15.4. The van der Waals surface area contributed by atoms with Gasteiger partial charge in [0.2, 0.25) is 5.69 Å². The van der Waals surface area contributed by atoms with Crippen molar-refractivity contribution in [2.24, 2.45) is 5.10 Å². The lowest BCUT2D eigenvalue weighted by molar-refractivity contribution is -0.435. The van der Waals surface area contributed by atoms with E-state index in [1.165, 1.54) is 33.1 Å². The zero-order valence-corrected chi connectivity index (χ0v) is 18.7. The molecule has 1 aliphatic rings. The topological polar surface area (TPSA) is 23.5 Å². The number of likely N-dealkylation sites (N-methyl/N-ethyl adjacent to an activating group) is 1. The smallest absolute Gasteiger partial charge is 0.238 e. The average Bonchev–Trinajstić information content (AvgIpc) is 3.21. The highest BCUT2D eigenvalue weighted by molar-refractivity contribution is 6.08. The molecule has 0 bridgehead atoms. The van der Waals surface area contributed by atoms with Gasteiger partial charge in [0.15, 0.2) is 6.72 Å². The molecule has 3 aromatic carbocycles. The molecule has 0 spiro atoms. The van der Waals surface area contributed by atoms with Crippen molar-refractivity contribution in [1.29, 1.82) is 0 Å². The zero-order chi connectivity index (χ0) is 21.8. The highest BCUT2D eigenvalue weighted by Crippen LogP contribution is 2.43. The van der Waals surface area contributed by atoms with Crippen LogP contribution in [0.1, 0.15) is 26.3 Å². The van der Waals surface area contributed by atoms with E-state index in [9.17, 15) is 0 Å². The van der Waals surface area contributed by atoms with Gasteiger partial charge >= 0.3 is 0 Å². The Bertz CT molecular complexity index is 1340. The quantitative estimate of drug-likeness (QED) is 0.232. The van der Waals surface area contributed by atoms with Crippen LogP contribution in [0.4, 0.5) is 11.4 Å². The Balaban J connectivity index is 1.50. The van der Waals surface area contributed by atoms with Crippen molar-refractivity contribution in [3.63, 3.8) is 0 Å². The van der Waals surface area contributed by atoms with Gasteiger partial charge in [-0.25, -0.2) is 0 Å². The fraction of sp³-hybridized carbons (Fsp3) is 0.259. The SMILES string of the molecule is C=[N+](N=CC1N(C)c2ccccc2C1(C)C)c1ccc2c(c1)c1ccccc1n2CC. The third-order valence-electron chi connectivity index (χ3n) is 6.85. The molecule has 0 amide bonds. The summed E-state index contributed by atoms with van der Waals surface area (Å²) in [4.78, 5) is 2.31. The van der Waals surface area contributed by atoms with Crippen LogP contribution >= 0.6 is 0 Å². The van der Waals surface area contributed by atoms with Gasteiger partial charge in [0.1, 0.15) is 0 Å². The molecule has 0 aliphatic carbocycles. The van der Waals surface area contributed by atoms with Crippen molar-refractivity contribution in [2.45, 2.75) is 38.8 Å². The standard InChI is InChI=1S/C27H29N4/c1-6-31-23-13-9-7-11-20(23)21-17-19(15-16-24(21)31)30(5)28-18-26-27(2,3)22-12-8-10-14-25(22)29(26)4/h7-18,26H,5-6H2,1-4H3/q+1. The van der Waals surface area contributed by atoms with Crippen LogP contribution in [0, 0.1) is 0 Å². The average molecular weight is 410 g/mol. The second-order valence-corrected chi connectivity index (χ2v) is 8.92. The maximum absolute atomic E-state index is 4.77. The molecule has 5 rings (SSSR count). The van der Waals surface area contributed by atoms with Crippen molar-refractivity contribution >= 4 is 46.1 Å². The first-order chi connectivity index (χ1) is 14.9. The fourth-order valence-electron chi connectivity index (χ4n) is 5.16. The zero-order valence-electron chi connectivity index (χ0n) is 18.7. The van der Waals surface area contributed by atoms with E-state index in [0.717, 1.165) is 12.2 Å². The lowest BCUT2D eigenvalue weighted by Crippen LogP contribution is -2.40. The molecule has 1 aliphatic heterocycles. The van der Waals surface area contributed by atoms with Gasteiger partial charge in [-0.2, -0.15) is 0 Å². The molecule has 0 saturated carbocycles. The van der Waals surface area contributed by atoms with Gasteiger partial charge in [-0.15, -0.1) is 0 Å². The number of para-hydroxylation sites is 2. The van der Waals surface area contributed by atoms with E-state index in [0.29, 0.717) is 0 Å². The lowest BCUT2D eigenvalue weighted by atomic mass is 9.81. The van der Waals surface area contributed by atoms with E-state index in [2.05, 4.69) is 111 Å². The molecule has 4 heteroatoms. The second kappa shape index (κ2) is 7.09. The minimum Gasteiger partial charge on any atom is -0.365 e. The number of aromatic nitrogens is 1. The van der Waals surface area contributed by atoms with E-state index in [1.807, 2.05) is 6.21 Å². The first-order valence-electron chi connectivity index (χ1n) is 10.9. The minimum atomic E-state index is -0.0197. The van der Waals surface area contributed by atoms with Crippen molar-refractivity contribution in [2.75, 3.05) is 11.9 Å². The Morgan fingerprint density at radius 1 is 1.00 bits per heavy atom. The monoisotopic (exact) mass is 409 g/mol. The molecule has 156 valence electrons. The van der Waals surface area contributed by atoms with E-state index < -0.39 is 0 Å². The normalized spacial score (nSPS) is 17.7. The Morgan fingerprint density at radius 3 is 2.48 bits per heavy atom. The van der Waals surface area contributed by atoms with Crippen LogP contribution in [0.2, 0.25) is 0 Å². The third-order valence-corrected chi connectivity index (χ3v) is 6.85. The Morgan fingerprint density at radius 2 is 1.71 bits per heavy atom. The molecule has 0 radical (unpaired) electrons. The lowest BCUT2D eigenvalue weighted by Gasteiger charge is -2.28. The van der Waals surface area contributed by atoms with Crippen molar-refractivity contribution in [1.82, 2.24) is 4.57 Å². The van der Waals surface area contributed by atoms with E-state index in [4.69, 9.17) is 5.10 Å². The summed E-state index contributed by atoms with van der Waals surface area (Å²) < 4.78 is 4.10. The summed E-state index contributed by atoms with van der Waals surface area (Å²) >= 11 is 0. The largest absolute Gasteiger partial charge is 0.365 e. The molecule has 0 fully saturated rings. The molecule has 1 atom stereocenters. The summed E-state index contributed by atoms with van der Waals surface area (Å²) in [5, 5.41) is 7.28. The minimum absolute atomic E-state index is 0.0197. The van der Waals surface area contributed by atoms with Crippen LogP contribution in [0.15, 0.2) is 71.8 Å². The molecule has 4 nitrogen and oxygen atoms in total. The Hall–Kier alpha value is -3.40. The summed E-state index contributed by atoms with van der Waals surface area (Å²) in [7, 11) is 2.14. The van der Waals surface area contributed by atoms with E-state index in [-0.39, 0.29) is 11.5 Å². The van der Waals surface area contributed by atoms with Gasteiger partial charge in [0, 0.05) is 58.6 Å². The van der Waals surface area contributed by atoms with Crippen LogP contribution in [-0.4, -0.2) is 35.3 Å². The Kier molecular flexibility index (Phi) is 4.47. The maximum Gasteiger partial charge on any atom is 0.238 e. The van der Waals surface area contributed by atoms with Crippen LogP contribution in [0.25, 0.3) is 21.8 Å². The first kappa shape index (κ1) is 19.6. The predicted octanol–water partition coefficient (Wildman–Crippen LogP) is 5.94. The van der Waals surface area contributed by atoms with E-state index >= 15 is 0 Å². The van der Waals surface area contributed by atoms with Crippen molar-refractivity contribution in [3.8, 4) is 0 Å². The number of rotatable bonds is 4. The molecular formula is C27H29N4+. The van der Waals surface area contributed by atoms with Crippen LogP contribution in [0.3, 0.4) is 0 Å². The van der Waals surface area contributed by atoms with Crippen LogP contribution < -0.4 is 4.90 Å². The van der Waals surface area contributed by atoms with Crippen molar-refractivity contribution < 1.29 is 4.68 Å².